The minimum absolute atomic E-state index is 0.116. The lowest BCUT2D eigenvalue weighted by Gasteiger charge is -2.05. The fourth-order valence-corrected chi connectivity index (χ4v) is 1.58. The summed E-state index contributed by atoms with van der Waals surface area (Å²) in [5.74, 6) is -0.588. The molecule has 1 aromatic carbocycles. The van der Waals surface area contributed by atoms with Crippen LogP contribution in [0.25, 0.3) is 0 Å². The Morgan fingerprint density at radius 2 is 2.23 bits per heavy atom. The molecular formula is C8H6BrClO3. The van der Waals surface area contributed by atoms with Crippen molar-refractivity contribution in [3.63, 3.8) is 0 Å². The maximum atomic E-state index is 10.6. The minimum atomic E-state index is -1.03. The molecule has 0 radical (unpaired) electrons. The maximum absolute atomic E-state index is 10.6. The molecule has 13 heavy (non-hydrogen) atoms. The number of carboxylic acid groups (broad SMARTS) is 1. The highest BCUT2D eigenvalue weighted by Gasteiger charge is 2.12. The highest BCUT2D eigenvalue weighted by molar-refractivity contribution is 9.10. The summed E-state index contributed by atoms with van der Waals surface area (Å²) in [5, 5.41) is 9.00. The minimum Gasteiger partial charge on any atom is -0.495 e. The molecule has 0 aliphatic rings. The van der Waals surface area contributed by atoms with Gasteiger partial charge in [-0.05, 0) is 28.1 Å². The van der Waals surface area contributed by atoms with E-state index in [0.717, 1.165) is 0 Å². The molecule has 70 valence electrons. The fourth-order valence-electron chi connectivity index (χ4n) is 0.849. The smallest absolute Gasteiger partial charge is 0.336 e. The van der Waals surface area contributed by atoms with Crippen molar-refractivity contribution in [2.45, 2.75) is 0 Å². The van der Waals surface area contributed by atoms with Gasteiger partial charge >= 0.3 is 5.97 Å². The first kappa shape index (κ1) is 10.3. The Balaban J connectivity index is 3.28. The molecule has 0 unspecified atom stereocenters. The van der Waals surface area contributed by atoms with Gasteiger partial charge in [0.25, 0.3) is 0 Å². The molecule has 0 atom stereocenters. The third-order valence-electron chi connectivity index (χ3n) is 1.47. The molecule has 0 saturated heterocycles. The average molecular weight is 265 g/mol. The van der Waals surface area contributed by atoms with Crippen LogP contribution in [-0.4, -0.2) is 18.2 Å². The number of ether oxygens (including phenoxy) is 1. The normalized spacial score (nSPS) is 9.77. The van der Waals surface area contributed by atoms with Gasteiger partial charge in [-0.3, -0.25) is 0 Å². The van der Waals surface area contributed by atoms with Gasteiger partial charge in [-0.1, -0.05) is 11.6 Å². The molecule has 0 bridgehead atoms. The lowest BCUT2D eigenvalue weighted by molar-refractivity contribution is 0.0696. The molecule has 3 nitrogen and oxygen atoms in total. The fraction of sp³-hybridized carbons (Fsp3) is 0.125. The molecule has 0 spiro atoms. The zero-order valence-electron chi connectivity index (χ0n) is 6.67. The highest BCUT2D eigenvalue weighted by atomic mass is 79.9. The molecule has 5 heteroatoms. The van der Waals surface area contributed by atoms with Gasteiger partial charge in [-0.15, -0.1) is 0 Å². The Labute approximate surface area is 88.4 Å². The first-order chi connectivity index (χ1) is 6.06. The predicted octanol–water partition coefficient (Wildman–Crippen LogP) is 2.81. The van der Waals surface area contributed by atoms with Crippen LogP contribution in [0.5, 0.6) is 5.75 Å². The molecule has 1 aromatic rings. The van der Waals surface area contributed by atoms with Crippen LogP contribution in [0.2, 0.25) is 5.02 Å². The van der Waals surface area contributed by atoms with Gasteiger partial charge in [-0.2, -0.15) is 0 Å². The van der Waals surface area contributed by atoms with Gasteiger partial charge in [0.1, 0.15) is 5.75 Å². The molecule has 0 fully saturated rings. The Bertz CT molecular complexity index is 351. The van der Waals surface area contributed by atoms with Crippen LogP contribution in [0.4, 0.5) is 0 Å². The summed E-state index contributed by atoms with van der Waals surface area (Å²) < 4.78 is 5.35. The van der Waals surface area contributed by atoms with Crippen molar-refractivity contribution in [1.82, 2.24) is 0 Å². The van der Waals surface area contributed by atoms with Crippen LogP contribution in [0.1, 0.15) is 10.4 Å². The summed E-state index contributed by atoms with van der Waals surface area (Å²) in [7, 11) is 1.47. The molecule has 0 heterocycles. The van der Waals surface area contributed by atoms with Crippen LogP contribution in [0, 0.1) is 0 Å². The summed E-state index contributed by atoms with van der Waals surface area (Å²) in [5.41, 5.74) is 0.116. The van der Waals surface area contributed by atoms with Crippen molar-refractivity contribution in [1.29, 1.82) is 0 Å². The Morgan fingerprint density at radius 1 is 1.62 bits per heavy atom. The number of carboxylic acids is 1. The summed E-state index contributed by atoms with van der Waals surface area (Å²) >= 11 is 8.84. The average Bonchev–Trinajstić information content (AvgIpc) is 2.07. The number of rotatable bonds is 2. The third kappa shape index (κ3) is 2.14. The molecule has 0 aliphatic carbocycles. The third-order valence-corrected chi connectivity index (χ3v) is 2.42. The summed E-state index contributed by atoms with van der Waals surface area (Å²) in [6.45, 7) is 0. The Hall–Kier alpha value is -0.740. The van der Waals surface area contributed by atoms with Crippen LogP contribution in [0.3, 0.4) is 0 Å². The van der Waals surface area contributed by atoms with E-state index in [-0.39, 0.29) is 10.6 Å². The van der Waals surface area contributed by atoms with Gasteiger partial charge in [-0.25, -0.2) is 4.79 Å². The number of aromatic carboxylic acids is 1. The number of carbonyl (C=O) groups is 1. The standard InChI is InChI=1S/C8H6BrClO3/c1-13-7-3-5(9)4(8(11)12)2-6(7)10/h2-3H,1H3,(H,11,12). The molecule has 1 N–H and O–H groups in total. The van der Waals surface area contributed by atoms with E-state index in [1.807, 2.05) is 0 Å². The second-order valence-electron chi connectivity index (χ2n) is 2.27. The summed E-state index contributed by atoms with van der Waals surface area (Å²) in [6, 6.07) is 2.86. The SMILES string of the molecule is COc1cc(Br)c(C(=O)O)cc1Cl. The highest BCUT2D eigenvalue weighted by Crippen LogP contribution is 2.30. The van der Waals surface area contributed by atoms with Crippen molar-refractivity contribution in [3.8, 4) is 5.75 Å². The van der Waals surface area contributed by atoms with E-state index in [1.165, 1.54) is 19.2 Å². The van der Waals surface area contributed by atoms with Crippen LogP contribution < -0.4 is 4.74 Å². The lowest BCUT2D eigenvalue weighted by Crippen LogP contribution is -1.98. The zero-order valence-corrected chi connectivity index (χ0v) is 9.02. The molecule has 0 aromatic heterocycles. The molecule has 1 rings (SSSR count). The van der Waals surface area contributed by atoms with Crippen molar-refractivity contribution in [2.24, 2.45) is 0 Å². The number of methoxy groups -OCH3 is 1. The van der Waals surface area contributed by atoms with Crippen molar-refractivity contribution in [3.05, 3.63) is 27.2 Å². The molecule has 0 amide bonds. The van der Waals surface area contributed by atoms with Crippen LogP contribution >= 0.6 is 27.5 Å². The van der Waals surface area contributed by atoms with E-state index in [9.17, 15) is 4.79 Å². The van der Waals surface area contributed by atoms with Crippen LogP contribution in [0.15, 0.2) is 16.6 Å². The Kier molecular flexibility index (Phi) is 3.17. The number of benzene rings is 1. The second-order valence-corrected chi connectivity index (χ2v) is 3.53. The van der Waals surface area contributed by atoms with E-state index >= 15 is 0 Å². The first-order valence-electron chi connectivity index (χ1n) is 3.32. The molecule has 0 aliphatic heterocycles. The quantitative estimate of drug-likeness (QED) is 0.894. The van der Waals surface area contributed by atoms with Gasteiger partial charge in [0.05, 0.1) is 17.7 Å². The van der Waals surface area contributed by atoms with Crippen LogP contribution in [-0.2, 0) is 0 Å². The predicted molar refractivity (Wildman–Crippen MR) is 52.7 cm³/mol. The topological polar surface area (TPSA) is 46.5 Å². The number of hydrogen-bond donors (Lipinski definition) is 1. The number of hydrogen-bond acceptors (Lipinski definition) is 2. The monoisotopic (exact) mass is 264 g/mol. The van der Waals surface area contributed by atoms with Crippen molar-refractivity contribution >= 4 is 33.5 Å². The lowest BCUT2D eigenvalue weighted by atomic mass is 10.2. The van der Waals surface area contributed by atoms with Crippen molar-refractivity contribution in [2.75, 3.05) is 7.11 Å². The first-order valence-corrected chi connectivity index (χ1v) is 4.49. The largest absolute Gasteiger partial charge is 0.495 e. The van der Waals surface area contributed by atoms with Gasteiger partial charge in [0.15, 0.2) is 0 Å². The zero-order chi connectivity index (χ0) is 10.0. The van der Waals surface area contributed by atoms with Gasteiger partial charge < -0.3 is 9.84 Å². The van der Waals surface area contributed by atoms with E-state index in [2.05, 4.69) is 15.9 Å². The molecular weight excluding hydrogens is 259 g/mol. The van der Waals surface area contributed by atoms with Gasteiger partial charge in [0, 0.05) is 4.47 Å². The molecule has 0 saturated carbocycles. The van der Waals surface area contributed by atoms with E-state index in [1.54, 1.807) is 0 Å². The summed E-state index contributed by atoms with van der Waals surface area (Å²) in [4.78, 5) is 10.6. The van der Waals surface area contributed by atoms with E-state index < -0.39 is 5.97 Å². The van der Waals surface area contributed by atoms with Gasteiger partial charge in [0.2, 0.25) is 0 Å². The van der Waals surface area contributed by atoms with E-state index in [0.29, 0.717) is 10.2 Å². The number of halogens is 2. The maximum Gasteiger partial charge on any atom is 0.336 e. The second kappa shape index (κ2) is 3.98. The van der Waals surface area contributed by atoms with Crippen molar-refractivity contribution < 1.29 is 14.6 Å². The van der Waals surface area contributed by atoms with E-state index in [4.69, 9.17) is 21.4 Å². The Morgan fingerprint density at radius 3 is 2.69 bits per heavy atom. The summed E-state index contributed by atoms with van der Waals surface area (Å²) in [6.07, 6.45) is 0.